The van der Waals surface area contributed by atoms with Gasteiger partial charge in [-0.15, -0.1) is 0 Å². The summed E-state index contributed by atoms with van der Waals surface area (Å²) < 4.78 is 0. The Morgan fingerprint density at radius 1 is 0.893 bits per heavy atom. The summed E-state index contributed by atoms with van der Waals surface area (Å²) in [6.07, 6.45) is 5.14. The highest BCUT2D eigenvalue weighted by Crippen LogP contribution is 2.15. The van der Waals surface area contributed by atoms with Crippen molar-refractivity contribution in [1.82, 2.24) is 24.8 Å². The van der Waals surface area contributed by atoms with E-state index in [1.165, 1.54) is 0 Å². The molecule has 2 fully saturated rings. The van der Waals surface area contributed by atoms with E-state index in [1.807, 2.05) is 23.1 Å². The normalized spacial score (nSPS) is 18.4. The van der Waals surface area contributed by atoms with Crippen LogP contribution in [0.2, 0.25) is 0 Å². The van der Waals surface area contributed by atoms with Crippen LogP contribution in [0.1, 0.15) is 17.3 Å². The van der Waals surface area contributed by atoms with E-state index in [9.17, 15) is 4.79 Å². The van der Waals surface area contributed by atoms with Gasteiger partial charge in [-0.3, -0.25) is 4.79 Å². The zero-order chi connectivity index (χ0) is 19.3. The van der Waals surface area contributed by atoms with E-state index in [4.69, 9.17) is 0 Å². The third-order valence-corrected chi connectivity index (χ3v) is 5.53. The highest BCUT2D eigenvalue weighted by atomic mass is 16.2. The van der Waals surface area contributed by atoms with Crippen LogP contribution in [0.15, 0.2) is 36.8 Å². The largest absolute Gasteiger partial charge is 0.353 e. The highest BCUT2D eigenvalue weighted by molar-refractivity contribution is 5.93. The average Bonchev–Trinajstić information content (AvgIpc) is 2.79. The number of nitrogens with zero attached hydrogens (tertiary/aromatic N) is 7. The molecule has 0 bridgehead atoms. The number of anilines is 2. The molecule has 0 saturated carbocycles. The van der Waals surface area contributed by atoms with Crippen molar-refractivity contribution in [1.29, 1.82) is 0 Å². The molecule has 1 amide bonds. The van der Waals surface area contributed by atoms with Crippen molar-refractivity contribution in [2.45, 2.75) is 6.92 Å². The van der Waals surface area contributed by atoms with Crippen LogP contribution >= 0.6 is 0 Å². The zero-order valence-corrected chi connectivity index (χ0v) is 16.4. The Bertz CT molecular complexity index is 767. The maximum absolute atomic E-state index is 12.8. The summed E-state index contributed by atoms with van der Waals surface area (Å²) in [4.78, 5) is 34.8. The number of carbonyl (C=O) groups is 1. The predicted molar refractivity (Wildman–Crippen MR) is 109 cm³/mol. The number of amides is 1. The van der Waals surface area contributed by atoms with Crippen molar-refractivity contribution in [3.8, 4) is 0 Å². The fraction of sp³-hybridized carbons (Fsp3) is 0.500. The van der Waals surface area contributed by atoms with Crippen molar-refractivity contribution >= 4 is 17.7 Å². The van der Waals surface area contributed by atoms with Gasteiger partial charge in [-0.1, -0.05) is 13.0 Å². The van der Waals surface area contributed by atoms with Crippen molar-refractivity contribution < 1.29 is 4.79 Å². The first kappa shape index (κ1) is 18.6. The second-order valence-corrected chi connectivity index (χ2v) is 7.16. The van der Waals surface area contributed by atoms with E-state index >= 15 is 0 Å². The molecule has 148 valence electrons. The van der Waals surface area contributed by atoms with Gasteiger partial charge in [0, 0.05) is 70.9 Å². The van der Waals surface area contributed by atoms with Gasteiger partial charge in [-0.25, -0.2) is 15.0 Å². The van der Waals surface area contributed by atoms with E-state index < -0.39 is 0 Å². The number of likely N-dealkylation sites (N-methyl/N-ethyl adjacent to an activating group) is 1. The van der Waals surface area contributed by atoms with E-state index in [0.717, 1.165) is 51.6 Å². The van der Waals surface area contributed by atoms with Crippen LogP contribution < -0.4 is 9.80 Å². The van der Waals surface area contributed by atoms with Gasteiger partial charge in [-0.2, -0.15) is 0 Å². The Balaban J connectivity index is 1.33. The van der Waals surface area contributed by atoms with Crippen LogP contribution in [-0.4, -0.2) is 89.6 Å². The molecule has 8 nitrogen and oxygen atoms in total. The van der Waals surface area contributed by atoms with Gasteiger partial charge >= 0.3 is 0 Å². The van der Waals surface area contributed by atoms with Crippen LogP contribution in [0.25, 0.3) is 0 Å². The lowest BCUT2D eigenvalue weighted by atomic mass is 10.2. The summed E-state index contributed by atoms with van der Waals surface area (Å²) >= 11 is 0. The first-order valence-corrected chi connectivity index (χ1v) is 9.99. The van der Waals surface area contributed by atoms with Gasteiger partial charge in [0.15, 0.2) is 0 Å². The second kappa shape index (κ2) is 8.52. The Kier molecular flexibility index (Phi) is 5.66. The first-order chi connectivity index (χ1) is 13.7. The summed E-state index contributed by atoms with van der Waals surface area (Å²) in [5, 5.41) is 0. The number of hydrogen-bond acceptors (Lipinski definition) is 7. The molecule has 28 heavy (non-hydrogen) atoms. The number of pyridine rings is 1. The second-order valence-electron chi connectivity index (χ2n) is 7.16. The molecule has 2 aliphatic heterocycles. The molecule has 8 heteroatoms. The maximum Gasteiger partial charge on any atom is 0.257 e. The molecule has 0 radical (unpaired) electrons. The minimum absolute atomic E-state index is 0.00280. The molecule has 0 atom stereocenters. The summed E-state index contributed by atoms with van der Waals surface area (Å²) in [7, 11) is 0. The number of carbonyl (C=O) groups excluding carboxylic acids is 1. The van der Waals surface area contributed by atoms with Crippen LogP contribution in [0, 0.1) is 0 Å². The van der Waals surface area contributed by atoms with Crippen molar-refractivity contribution in [3.05, 3.63) is 42.4 Å². The number of rotatable bonds is 4. The molecule has 4 rings (SSSR count). The lowest BCUT2D eigenvalue weighted by molar-refractivity contribution is 0.0745. The smallest absolute Gasteiger partial charge is 0.257 e. The monoisotopic (exact) mass is 381 g/mol. The number of piperazine rings is 2. The van der Waals surface area contributed by atoms with Gasteiger partial charge in [0.05, 0.1) is 5.56 Å². The minimum Gasteiger partial charge on any atom is -0.353 e. The highest BCUT2D eigenvalue weighted by Gasteiger charge is 2.24. The summed E-state index contributed by atoms with van der Waals surface area (Å²) in [5.41, 5.74) is 0.558. The molecule has 4 heterocycles. The van der Waals surface area contributed by atoms with E-state index in [2.05, 4.69) is 36.6 Å². The lowest BCUT2D eigenvalue weighted by Gasteiger charge is -2.35. The standard InChI is InChI=1S/C20H27N7O/c1-2-24-7-9-27(10-8-24)20-22-15-17(16-23-20)19(28)26-13-11-25(12-14-26)18-5-3-4-6-21-18/h3-6,15-16H,2,7-14H2,1H3. The third-order valence-electron chi connectivity index (χ3n) is 5.53. The van der Waals surface area contributed by atoms with Crippen molar-refractivity contribution in [2.75, 3.05) is 68.7 Å². The van der Waals surface area contributed by atoms with Gasteiger partial charge in [0.2, 0.25) is 5.95 Å². The predicted octanol–water partition coefficient (Wildman–Crippen LogP) is 0.976. The fourth-order valence-electron chi connectivity index (χ4n) is 3.72. The zero-order valence-electron chi connectivity index (χ0n) is 16.4. The Morgan fingerprint density at radius 2 is 1.57 bits per heavy atom. The van der Waals surface area contributed by atoms with E-state index in [-0.39, 0.29) is 5.91 Å². The Morgan fingerprint density at radius 3 is 2.18 bits per heavy atom. The first-order valence-electron chi connectivity index (χ1n) is 9.99. The average molecular weight is 381 g/mol. The summed E-state index contributed by atoms with van der Waals surface area (Å²) in [6, 6.07) is 5.90. The molecule has 0 aliphatic carbocycles. The number of aromatic nitrogens is 3. The van der Waals surface area contributed by atoms with Crippen molar-refractivity contribution in [3.63, 3.8) is 0 Å². The minimum atomic E-state index is 0.00280. The molecule has 2 saturated heterocycles. The third kappa shape index (κ3) is 4.06. The van der Waals surface area contributed by atoms with Crippen LogP contribution in [0.3, 0.4) is 0 Å². The maximum atomic E-state index is 12.8. The summed E-state index contributed by atoms with van der Waals surface area (Å²) in [5.74, 6) is 1.68. The van der Waals surface area contributed by atoms with Crippen LogP contribution in [0.5, 0.6) is 0 Å². The quantitative estimate of drug-likeness (QED) is 0.782. The van der Waals surface area contributed by atoms with Crippen LogP contribution in [-0.2, 0) is 0 Å². The molecule has 0 spiro atoms. The van der Waals surface area contributed by atoms with Gasteiger partial charge in [0.1, 0.15) is 5.82 Å². The molecule has 2 aromatic heterocycles. The Hall–Kier alpha value is -2.74. The van der Waals surface area contributed by atoms with Crippen molar-refractivity contribution in [2.24, 2.45) is 0 Å². The molecular weight excluding hydrogens is 354 g/mol. The molecule has 2 aliphatic rings. The van der Waals surface area contributed by atoms with Crippen LogP contribution in [0.4, 0.5) is 11.8 Å². The van der Waals surface area contributed by atoms with Gasteiger partial charge in [0.25, 0.3) is 5.91 Å². The molecule has 2 aromatic rings. The Labute approximate surface area is 165 Å². The fourth-order valence-corrected chi connectivity index (χ4v) is 3.72. The van der Waals surface area contributed by atoms with E-state index in [0.29, 0.717) is 24.6 Å². The number of hydrogen-bond donors (Lipinski definition) is 0. The SMILES string of the molecule is CCN1CCN(c2ncc(C(=O)N3CCN(c4ccccn4)CC3)cn2)CC1. The lowest BCUT2D eigenvalue weighted by Crippen LogP contribution is -2.49. The molecular formula is C20H27N7O. The molecule has 0 N–H and O–H groups in total. The summed E-state index contributed by atoms with van der Waals surface area (Å²) in [6.45, 7) is 10.1. The van der Waals surface area contributed by atoms with E-state index in [1.54, 1.807) is 18.6 Å². The van der Waals surface area contributed by atoms with Gasteiger partial charge < -0.3 is 19.6 Å². The molecule has 0 unspecified atom stereocenters. The topological polar surface area (TPSA) is 68.7 Å². The molecule has 0 aromatic carbocycles. The van der Waals surface area contributed by atoms with Gasteiger partial charge in [-0.05, 0) is 18.7 Å².